The van der Waals surface area contributed by atoms with E-state index in [4.69, 9.17) is 4.98 Å². The number of hydrogen-bond acceptors (Lipinski definition) is 6. The zero-order chi connectivity index (χ0) is 24.3. The van der Waals surface area contributed by atoms with Crippen molar-refractivity contribution in [2.45, 2.75) is 37.5 Å². The summed E-state index contributed by atoms with van der Waals surface area (Å²) >= 11 is 1.50. The SMILES string of the molecule is Cc1cccc2sc(N(CCN(C)C)C(=O)c3ccc(S(=O)(=O)N4CCCCCC4)cc3)nc12.Cl. The summed E-state index contributed by atoms with van der Waals surface area (Å²) in [6.45, 7) is 4.29. The number of fused-ring (bicyclic) bond motifs is 1. The van der Waals surface area contributed by atoms with Crippen molar-refractivity contribution in [1.29, 1.82) is 0 Å². The molecular formula is C25H33ClN4O3S2. The fourth-order valence-electron chi connectivity index (χ4n) is 4.13. The van der Waals surface area contributed by atoms with Gasteiger partial charge in [-0.2, -0.15) is 4.31 Å². The standard InChI is InChI=1S/C25H32N4O3S2.ClH/c1-19-9-8-10-22-23(19)26-25(33-22)29(18-17-27(2)3)24(30)20-11-13-21(14-12-20)34(31,32)28-15-6-4-5-7-16-28;/h8-14H,4-7,15-18H2,1-3H3;1H. The second-order valence-corrected chi connectivity index (χ2v) is 12.0. The molecule has 3 aromatic rings. The molecule has 0 N–H and O–H groups in total. The van der Waals surface area contributed by atoms with Crippen LogP contribution in [-0.2, 0) is 10.0 Å². The number of thiazole rings is 1. The topological polar surface area (TPSA) is 73.8 Å². The molecule has 190 valence electrons. The Morgan fingerprint density at radius 1 is 1.00 bits per heavy atom. The number of para-hydroxylation sites is 1. The van der Waals surface area contributed by atoms with E-state index in [-0.39, 0.29) is 23.2 Å². The van der Waals surface area contributed by atoms with Crippen molar-refractivity contribution in [2.24, 2.45) is 0 Å². The molecule has 1 aromatic heterocycles. The summed E-state index contributed by atoms with van der Waals surface area (Å²) in [5, 5.41) is 0.650. The Balaban J connectivity index is 0.00000342. The minimum atomic E-state index is -3.55. The first-order valence-corrected chi connectivity index (χ1v) is 14.0. The van der Waals surface area contributed by atoms with Gasteiger partial charge in [0.2, 0.25) is 10.0 Å². The Hall–Kier alpha value is -2.04. The van der Waals surface area contributed by atoms with Gasteiger partial charge in [-0.25, -0.2) is 13.4 Å². The van der Waals surface area contributed by atoms with Crippen LogP contribution < -0.4 is 4.90 Å². The molecule has 0 saturated carbocycles. The fraction of sp³-hybridized carbons (Fsp3) is 0.440. The molecule has 10 heteroatoms. The second kappa shape index (κ2) is 11.8. The molecule has 2 heterocycles. The van der Waals surface area contributed by atoms with Crippen molar-refractivity contribution in [3.05, 3.63) is 53.6 Å². The van der Waals surface area contributed by atoms with Crippen LogP contribution in [0.25, 0.3) is 10.2 Å². The molecule has 0 radical (unpaired) electrons. The van der Waals surface area contributed by atoms with E-state index in [0.717, 1.165) is 41.5 Å². The van der Waals surface area contributed by atoms with E-state index in [9.17, 15) is 13.2 Å². The van der Waals surface area contributed by atoms with Crippen LogP contribution in [0.15, 0.2) is 47.4 Å². The highest BCUT2D eigenvalue weighted by Gasteiger charge is 2.26. The molecule has 35 heavy (non-hydrogen) atoms. The molecule has 1 amide bonds. The summed E-state index contributed by atoms with van der Waals surface area (Å²) in [5.74, 6) is -0.183. The maximum atomic E-state index is 13.5. The van der Waals surface area contributed by atoms with Gasteiger partial charge in [-0.05, 0) is 69.8 Å². The number of carbonyl (C=O) groups excluding carboxylic acids is 1. The number of aryl methyl sites for hydroxylation is 1. The number of hydrogen-bond donors (Lipinski definition) is 0. The number of likely N-dealkylation sites (N-methyl/N-ethyl adjacent to an activating group) is 1. The highest BCUT2D eigenvalue weighted by atomic mass is 35.5. The minimum Gasteiger partial charge on any atom is -0.308 e. The normalized spacial score (nSPS) is 15.1. The number of nitrogens with zero attached hydrogens (tertiary/aromatic N) is 4. The Labute approximate surface area is 218 Å². The van der Waals surface area contributed by atoms with Crippen molar-refractivity contribution in [1.82, 2.24) is 14.2 Å². The van der Waals surface area contributed by atoms with E-state index >= 15 is 0 Å². The van der Waals surface area contributed by atoms with Crippen LogP contribution in [0.5, 0.6) is 0 Å². The molecule has 0 aliphatic carbocycles. The average Bonchev–Trinajstić information content (AvgIpc) is 3.05. The zero-order valence-corrected chi connectivity index (χ0v) is 22.9. The third-order valence-electron chi connectivity index (χ3n) is 6.16. The van der Waals surface area contributed by atoms with Gasteiger partial charge in [0.1, 0.15) is 0 Å². The maximum Gasteiger partial charge on any atom is 0.260 e. The maximum absolute atomic E-state index is 13.5. The predicted molar refractivity (Wildman–Crippen MR) is 146 cm³/mol. The molecule has 0 spiro atoms. The van der Waals surface area contributed by atoms with Crippen molar-refractivity contribution in [3.63, 3.8) is 0 Å². The molecular weight excluding hydrogens is 504 g/mol. The molecule has 0 bridgehead atoms. The van der Waals surface area contributed by atoms with Gasteiger partial charge >= 0.3 is 0 Å². The lowest BCUT2D eigenvalue weighted by Gasteiger charge is -2.22. The van der Waals surface area contributed by atoms with Gasteiger partial charge in [0.15, 0.2) is 5.13 Å². The van der Waals surface area contributed by atoms with Gasteiger partial charge in [-0.15, -0.1) is 12.4 Å². The Kier molecular flexibility index (Phi) is 9.28. The lowest BCUT2D eigenvalue weighted by Crippen LogP contribution is -2.36. The first-order valence-electron chi connectivity index (χ1n) is 11.7. The quantitative estimate of drug-likeness (QED) is 0.433. The van der Waals surface area contributed by atoms with E-state index in [2.05, 4.69) is 0 Å². The molecule has 1 fully saturated rings. The highest BCUT2D eigenvalue weighted by Crippen LogP contribution is 2.31. The monoisotopic (exact) mass is 536 g/mol. The Morgan fingerprint density at radius 2 is 1.66 bits per heavy atom. The van der Waals surface area contributed by atoms with Crippen molar-refractivity contribution < 1.29 is 13.2 Å². The van der Waals surface area contributed by atoms with Crippen LogP contribution in [0.2, 0.25) is 0 Å². The molecule has 1 aliphatic rings. The van der Waals surface area contributed by atoms with Gasteiger partial charge in [0, 0.05) is 31.7 Å². The van der Waals surface area contributed by atoms with Crippen molar-refractivity contribution >= 4 is 55.0 Å². The van der Waals surface area contributed by atoms with Crippen LogP contribution in [0.4, 0.5) is 5.13 Å². The molecule has 2 aromatic carbocycles. The van der Waals surface area contributed by atoms with Gasteiger partial charge in [-0.3, -0.25) is 9.69 Å². The van der Waals surface area contributed by atoms with E-state index in [1.165, 1.54) is 11.3 Å². The number of rotatable bonds is 7. The summed E-state index contributed by atoms with van der Waals surface area (Å²) in [6, 6.07) is 12.4. The lowest BCUT2D eigenvalue weighted by atomic mass is 10.2. The van der Waals surface area contributed by atoms with E-state index in [1.807, 2.05) is 44.1 Å². The third kappa shape index (κ3) is 6.21. The number of anilines is 1. The lowest BCUT2D eigenvalue weighted by molar-refractivity contribution is 0.0985. The van der Waals surface area contributed by atoms with Crippen molar-refractivity contribution in [3.8, 4) is 0 Å². The highest BCUT2D eigenvalue weighted by molar-refractivity contribution is 7.89. The van der Waals surface area contributed by atoms with E-state index in [1.54, 1.807) is 33.5 Å². The average molecular weight is 537 g/mol. The van der Waals surface area contributed by atoms with E-state index < -0.39 is 10.0 Å². The zero-order valence-electron chi connectivity index (χ0n) is 20.4. The van der Waals surface area contributed by atoms with Crippen LogP contribution in [0, 0.1) is 6.92 Å². The molecule has 0 atom stereocenters. The molecule has 7 nitrogen and oxygen atoms in total. The summed E-state index contributed by atoms with van der Waals surface area (Å²) in [5.41, 5.74) is 2.43. The molecule has 0 unspecified atom stereocenters. The van der Waals surface area contributed by atoms with Gasteiger partial charge < -0.3 is 4.90 Å². The summed E-state index contributed by atoms with van der Waals surface area (Å²) in [7, 11) is 0.380. The van der Waals surface area contributed by atoms with Crippen LogP contribution in [0.3, 0.4) is 0 Å². The number of sulfonamides is 1. The van der Waals surface area contributed by atoms with Gasteiger partial charge in [-0.1, -0.05) is 36.3 Å². The summed E-state index contributed by atoms with van der Waals surface area (Å²) in [4.78, 5) is 22.3. The minimum absolute atomic E-state index is 0. The van der Waals surface area contributed by atoms with Gasteiger partial charge in [0.05, 0.1) is 15.1 Å². The number of amides is 1. The third-order valence-corrected chi connectivity index (χ3v) is 9.12. The fourth-order valence-corrected chi connectivity index (χ4v) is 6.72. The largest absolute Gasteiger partial charge is 0.308 e. The summed E-state index contributed by atoms with van der Waals surface area (Å²) in [6.07, 6.45) is 3.90. The summed E-state index contributed by atoms with van der Waals surface area (Å²) < 4.78 is 28.8. The number of aromatic nitrogens is 1. The van der Waals surface area contributed by atoms with E-state index in [0.29, 0.717) is 36.9 Å². The van der Waals surface area contributed by atoms with Crippen LogP contribution in [-0.4, -0.2) is 68.8 Å². The number of benzene rings is 2. The second-order valence-electron chi connectivity index (χ2n) is 9.02. The Morgan fingerprint density at radius 3 is 2.26 bits per heavy atom. The van der Waals surface area contributed by atoms with Crippen LogP contribution in [0.1, 0.15) is 41.6 Å². The number of halogens is 1. The Bertz CT molecular complexity index is 1250. The predicted octanol–water partition coefficient (Wildman–Crippen LogP) is 4.80. The van der Waals surface area contributed by atoms with Crippen molar-refractivity contribution in [2.75, 3.05) is 45.2 Å². The molecule has 4 rings (SSSR count). The first kappa shape index (κ1) is 27.5. The van der Waals surface area contributed by atoms with Crippen LogP contribution >= 0.6 is 23.7 Å². The first-order chi connectivity index (χ1) is 16.3. The molecule has 1 aliphatic heterocycles. The number of carbonyl (C=O) groups is 1. The van der Waals surface area contributed by atoms with Gasteiger partial charge in [0.25, 0.3) is 5.91 Å². The smallest absolute Gasteiger partial charge is 0.260 e. The molecule has 1 saturated heterocycles.